The Labute approximate surface area is 180 Å². The molecule has 1 fully saturated rings. The molecule has 0 saturated carbocycles. The first kappa shape index (κ1) is 22.0. The van der Waals surface area contributed by atoms with Crippen LogP contribution in [0, 0.1) is 6.92 Å². The largest absolute Gasteiger partial charge is 0.493 e. The van der Waals surface area contributed by atoms with Gasteiger partial charge >= 0.3 is 0 Å². The molecular weight excluding hydrogens is 376 g/mol. The van der Waals surface area contributed by atoms with Crippen LogP contribution in [0.4, 0.5) is 5.69 Å². The predicted octanol–water partition coefficient (Wildman–Crippen LogP) is 3.49. The van der Waals surface area contributed by atoms with Gasteiger partial charge in [0.2, 0.25) is 0 Å². The first-order chi connectivity index (χ1) is 14.7. The van der Waals surface area contributed by atoms with Gasteiger partial charge in [0, 0.05) is 44.5 Å². The van der Waals surface area contributed by atoms with Crippen molar-refractivity contribution in [2.45, 2.75) is 33.4 Å². The van der Waals surface area contributed by atoms with Crippen molar-refractivity contribution in [3.05, 3.63) is 59.2 Å². The van der Waals surface area contributed by atoms with Gasteiger partial charge in [-0.25, -0.2) is 0 Å². The molecule has 0 atom stereocenters. The van der Waals surface area contributed by atoms with Crippen LogP contribution >= 0.6 is 0 Å². The molecule has 0 bridgehead atoms. The summed E-state index contributed by atoms with van der Waals surface area (Å²) in [6, 6.07) is 15.0. The lowest BCUT2D eigenvalue weighted by atomic mass is 10.1. The summed E-state index contributed by atoms with van der Waals surface area (Å²) in [6.45, 7) is 9.83. The van der Waals surface area contributed by atoms with E-state index in [9.17, 15) is 0 Å². The summed E-state index contributed by atoms with van der Waals surface area (Å²) < 4.78 is 11.3. The van der Waals surface area contributed by atoms with E-state index < -0.39 is 0 Å². The van der Waals surface area contributed by atoms with Crippen LogP contribution in [-0.2, 0) is 17.8 Å². The molecule has 1 heterocycles. The molecule has 0 radical (unpaired) electrons. The number of aliphatic imine (C=N–C) groups is 1. The molecule has 6 heteroatoms. The molecule has 2 aromatic carbocycles. The summed E-state index contributed by atoms with van der Waals surface area (Å²) in [6.07, 6.45) is 0.994. The highest BCUT2D eigenvalue weighted by Crippen LogP contribution is 2.20. The van der Waals surface area contributed by atoms with Crippen molar-refractivity contribution in [3.63, 3.8) is 0 Å². The van der Waals surface area contributed by atoms with Gasteiger partial charge in [0.25, 0.3) is 0 Å². The number of hydrogen-bond donors (Lipinski definition) is 2. The Morgan fingerprint density at radius 1 is 1.07 bits per heavy atom. The van der Waals surface area contributed by atoms with Crippen LogP contribution in [0.1, 0.15) is 30.0 Å². The highest BCUT2D eigenvalue weighted by atomic mass is 16.5. The number of nitrogens with one attached hydrogen (secondary N) is 2. The Bertz CT molecular complexity index is 814. The lowest BCUT2D eigenvalue weighted by Crippen LogP contribution is -2.36. The van der Waals surface area contributed by atoms with Gasteiger partial charge in [0.05, 0.1) is 19.8 Å². The number of morpholine rings is 1. The van der Waals surface area contributed by atoms with E-state index in [4.69, 9.17) is 9.47 Å². The zero-order valence-electron chi connectivity index (χ0n) is 18.4. The van der Waals surface area contributed by atoms with Crippen LogP contribution in [0.2, 0.25) is 0 Å². The van der Waals surface area contributed by atoms with Gasteiger partial charge in [-0.1, -0.05) is 31.2 Å². The van der Waals surface area contributed by atoms with E-state index in [1.54, 1.807) is 7.05 Å². The van der Waals surface area contributed by atoms with Crippen molar-refractivity contribution < 1.29 is 9.47 Å². The molecule has 2 N–H and O–H groups in total. The maximum Gasteiger partial charge on any atom is 0.191 e. The minimum atomic E-state index is 0.662. The summed E-state index contributed by atoms with van der Waals surface area (Å²) in [5, 5.41) is 6.79. The molecule has 1 aliphatic rings. The number of benzene rings is 2. The fourth-order valence-corrected chi connectivity index (χ4v) is 3.39. The number of anilines is 1. The molecule has 0 spiro atoms. The van der Waals surface area contributed by atoms with Gasteiger partial charge < -0.3 is 25.0 Å². The molecule has 1 aliphatic heterocycles. The van der Waals surface area contributed by atoms with E-state index in [1.165, 1.54) is 16.8 Å². The van der Waals surface area contributed by atoms with Crippen LogP contribution in [0.25, 0.3) is 0 Å². The molecule has 2 aromatic rings. The molecule has 0 unspecified atom stereocenters. The lowest BCUT2D eigenvalue weighted by molar-refractivity contribution is 0.122. The number of aryl methyl sites for hydroxylation is 1. The van der Waals surface area contributed by atoms with Crippen molar-refractivity contribution in [3.8, 4) is 5.75 Å². The molecule has 30 heavy (non-hydrogen) atoms. The normalized spacial score (nSPS) is 14.5. The smallest absolute Gasteiger partial charge is 0.191 e. The molecule has 6 nitrogen and oxygen atoms in total. The SMILES string of the molecule is CCCOc1cc(C)ccc1CNC(=NC)NCc1ccc(N2CCOCC2)cc1. The molecule has 0 amide bonds. The minimum absolute atomic E-state index is 0.662. The second kappa shape index (κ2) is 11.5. The maximum absolute atomic E-state index is 5.91. The first-order valence-electron chi connectivity index (χ1n) is 10.8. The third-order valence-corrected chi connectivity index (χ3v) is 5.13. The standard InChI is InChI=1S/C24H34N4O2/c1-4-13-30-23-16-19(2)5-8-21(23)18-27-24(25-3)26-17-20-6-9-22(10-7-20)28-11-14-29-15-12-28/h5-10,16H,4,11-15,17-18H2,1-3H3,(H2,25,26,27). The molecule has 0 aliphatic carbocycles. The highest BCUT2D eigenvalue weighted by molar-refractivity contribution is 5.79. The van der Waals surface area contributed by atoms with Gasteiger partial charge in [0.1, 0.15) is 5.75 Å². The van der Waals surface area contributed by atoms with Crippen LogP contribution in [0.5, 0.6) is 5.75 Å². The van der Waals surface area contributed by atoms with Crippen molar-refractivity contribution in [1.82, 2.24) is 10.6 Å². The molecule has 0 aromatic heterocycles. The van der Waals surface area contributed by atoms with Crippen LogP contribution < -0.4 is 20.3 Å². The van der Waals surface area contributed by atoms with E-state index in [0.717, 1.165) is 63.1 Å². The zero-order chi connectivity index (χ0) is 21.2. The quantitative estimate of drug-likeness (QED) is 0.515. The third-order valence-electron chi connectivity index (χ3n) is 5.13. The monoisotopic (exact) mass is 410 g/mol. The molecule has 162 valence electrons. The Hall–Kier alpha value is -2.73. The zero-order valence-corrected chi connectivity index (χ0v) is 18.4. The fraction of sp³-hybridized carbons (Fsp3) is 0.458. The highest BCUT2D eigenvalue weighted by Gasteiger charge is 2.11. The Morgan fingerprint density at radius 3 is 2.50 bits per heavy atom. The van der Waals surface area contributed by atoms with Crippen molar-refractivity contribution in [2.24, 2.45) is 4.99 Å². The van der Waals surface area contributed by atoms with Gasteiger partial charge in [-0.15, -0.1) is 0 Å². The Kier molecular flexibility index (Phi) is 8.39. The fourth-order valence-electron chi connectivity index (χ4n) is 3.39. The summed E-state index contributed by atoms with van der Waals surface area (Å²) in [4.78, 5) is 6.71. The third kappa shape index (κ3) is 6.39. The molecule has 3 rings (SSSR count). The topological polar surface area (TPSA) is 58.1 Å². The average molecular weight is 411 g/mol. The second-order valence-corrected chi connectivity index (χ2v) is 7.50. The average Bonchev–Trinajstić information content (AvgIpc) is 2.79. The predicted molar refractivity (Wildman–Crippen MR) is 123 cm³/mol. The van der Waals surface area contributed by atoms with E-state index in [-0.39, 0.29) is 0 Å². The first-order valence-corrected chi connectivity index (χ1v) is 10.8. The number of ether oxygens (including phenoxy) is 2. The van der Waals surface area contributed by atoms with E-state index in [1.807, 2.05) is 0 Å². The number of guanidine groups is 1. The second-order valence-electron chi connectivity index (χ2n) is 7.50. The van der Waals surface area contributed by atoms with Gasteiger partial charge in [0.15, 0.2) is 5.96 Å². The van der Waals surface area contributed by atoms with Crippen LogP contribution in [-0.4, -0.2) is 45.9 Å². The number of nitrogens with zero attached hydrogens (tertiary/aromatic N) is 2. The van der Waals surface area contributed by atoms with Gasteiger partial charge in [-0.3, -0.25) is 4.99 Å². The van der Waals surface area contributed by atoms with Crippen LogP contribution in [0.3, 0.4) is 0 Å². The Balaban J connectivity index is 1.51. The van der Waals surface area contributed by atoms with Crippen molar-refractivity contribution >= 4 is 11.6 Å². The lowest BCUT2D eigenvalue weighted by Gasteiger charge is -2.28. The minimum Gasteiger partial charge on any atom is -0.493 e. The summed E-state index contributed by atoms with van der Waals surface area (Å²) in [5.41, 5.74) is 4.81. The van der Waals surface area contributed by atoms with Crippen molar-refractivity contribution in [2.75, 3.05) is 44.9 Å². The van der Waals surface area contributed by atoms with Crippen molar-refractivity contribution in [1.29, 1.82) is 0 Å². The van der Waals surface area contributed by atoms with E-state index >= 15 is 0 Å². The van der Waals surface area contributed by atoms with E-state index in [2.05, 4.69) is 76.8 Å². The maximum atomic E-state index is 5.91. The van der Waals surface area contributed by atoms with Gasteiger partial charge in [-0.05, 0) is 42.7 Å². The molecular formula is C24H34N4O2. The summed E-state index contributed by atoms with van der Waals surface area (Å²) in [5.74, 6) is 1.72. The molecule has 1 saturated heterocycles. The number of rotatable bonds is 8. The Morgan fingerprint density at radius 2 is 1.80 bits per heavy atom. The summed E-state index contributed by atoms with van der Waals surface area (Å²) in [7, 11) is 1.79. The van der Waals surface area contributed by atoms with E-state index in [0.29, 0.717) is 6.54 Å². The van der Waals surface area contributed by atoms with Crippen LogP contribution in [0.15, 0.2) is 47.5 Å². The van der Waals surface area contributed by atoms with Gasteiger partial charge in [-0.2, -0.15) is 0 Å². The number of hydrogen-bond acceptors (Lipinski definition) is 4. The summed E-state index contributed by atoms with van der Waals surface area (Å²) >= 11 is 0.